The number of aromatic nitrogens is 3. The summed E-state index contributed by atoms with van der Waals surface area (Å²) in [6.07, 6.45) is 7.86. The fourth-order valence-electron chi connectivity index (χ4n) is 2.94. The van der Waals surface area contributed by atoms with Crippen LogP contribution >= 0.6 is 0 Å². The molecule has 3 rings (SSSR count). The van der Waals surface area contributed by atoms with Gasteiger partial charge in [-0.25, -0.2) is 0 Å². The summed E-state index contributed by atoms with van der Waals surface area (Å²) in [5, 5.41) is 7.62. The van der Waals surface area contributed by atoms with Gasteiger partial charge >= 0.3 is 0 Å². The number of nitrogens with zero attached hydrogens (tertiary/aromatic N) is 4. The Balaban J connectivity index is 1.63. The smallest absolute Gasteiger partial charge is 0.255 e. The summed E-state index contributed by atoms with van der Waals surface area (Å²) in [5.41, 5.74) is 1.46. The molecular weight excluding hydrogens is 292 g/mol. The van der Waals surface area contributed by atoms with Crippen LogP contribution in [0.3, 0.4) is 0 Å². The van der Waals surface area contributed by atoms with Crippen LogP contribution in [0.25, 0.3) is 5.69 Å². The number of hydrogen-bond donors (Lipinski definition) is 0. The van der Waals surface area contributed by atoms with E-state index in [1.807, 2.05) is 31.3 Å². The van der Waals surface area contributed by atoms with Crippen LogP contribution in [0.5, 0.6) is 0 Å². The maximum Gasteiger partial charge on any atom is 0.255 e. The minimum absolute atomic E-state index is 0.0154. The van der Waals surface area contributed by atoms with Gasteiger partial charge in [0.25, 0.3) is 5.91 Å². The molecule has 0 N–H and O–H groups in total. The number of rotatable bonds is 6. The van der Waals surface area contributed by atoms with Crippen molar-refractivity contribution in [1.82, 2.24) is 19.7 Å². The van der Waals surface area contributed by atoms with Crippen LogP contribution in [0.1, 0.15) is 36.0 Å². The molecule has 1 aromatic carbocycles. The Kier molecular flexibility index (Phi) is 5.02. The van der Waals surface area contributed by atoms with Crippen molar-refractivity contribution in [2.24, 2.45) is 0 Å². The zero-order valence-corrected chi connectivity index (χ0v) is 13.4. The van der Waals surface area contributed by atoms with Crippen molar-refractivity contribution in [2.45, 2.75) is 31.8 Å². The minimum atomic E-state index is 0.0154. The molecule has 1 amide bonds. The number of ether oxygens (including phenoxy) is 1. The van der Waals surface area contributed by atoms with E-state index in [9.17, 15) is 4.79 Å². The second-order valence-corrected chi connectivity index (χ2v) is 5.89. The molecule has 1 aliphatic heterocycles. The molecule has 2 aromatic rings. The summed E-state index contributed by atoms with van der Waals surface area (Å²) in [5.74, 6) is 0.0154. The van der Waals surface area contributed by atoms with Crippen LogP contribution in [0.4, 0.5) is 0 Å². The first kappa shape index (κ1) is 15.7. The summed E-state index contributed by atoms with van der Waals surface area (Å²) in [4.78, 5) is 14.5. The zero-order chi connectivity index (χ0) is 16.1. The van der Waals surface area contributed by atoms with Crippen molar-refractivity contribution in [3.05, 3.63) is 42.5 Å². The second kappa shape index (κ2) is 7.37. The minimum Gasteiger partial charge on any atom is -0.378 e. The summed E-state index contributed by atoms with van der Waals surface area (Å²) >= 11 is 0. The predicted octanol–water partition coefficient (Wildman–Crippen LogP) is 2.30. The number of hydrogen-bond acceptors (Lipinski definition) is 4. The summed E-state index contributed by atoms with van der Waals surface area (Å²) in [6, 6.07) is 7.52. The average Bonchev–Trinajstić information content (AvgIpc) is 3.27. The van der Waals surface area contributed by atoms with E-state index in [4.69, 9.17) is 4.74 Å². The van der Waals surface area contributed by atoms with Gasteiger partial charge in [-0.1, -0.05) is 12.1 Å². The lowest BCUT2D eigenvalue weighted by Gasteiger charge is -2.20. The second-order valence-electron chi connectivity index (χ2n) is 5.89. The summed E-state index contributed by atoms with van der Waals surface area (Å²) in [6.45, 7) is 1.61. The van der Waals surface area contributed by atoms with Gasteiger partial charge in [0.05, 0.1) is 17.4 Å². The first-order valence-electron chi connectivity index (χ1n) is 8.07. The van der Waals surface area contributed by atoms with Crippen molar-refractivity contribution in [2.75, 3.05) is 20.2 Å². The molecule has 6 nitrogen and oxygen atoms in total. The predicted molar refractivity (Wildman–Crippen MR) is 86.5 cm³/mol. The van der Waals surface area contributed by atoms with Crippen molar-refractivity contribution >= 4 is 5.91 Å². The van der Waals surface area contributed by atoms with Crippen molar-refractivity contribution in [1.29, 1.82) is 0 Å². The topological polar surface area (TPSA) is 60.2 Å². The van der Waals surface area contributed by atoms with Gasteiger partial charge in [0, 0.05) is 20.2 Å². The number of benzene rings is 1. The lowest BCUT2D eigenvalue weighted by molar-refractivity contribution is 0.0763. The molecule has 1 saturated heterocycles. The van der Waals surface area contributed by atoms with E-state index in [0.717, 1.165) is 44.5 Å². The Labute approximate surface area is 136 Å². The van der Waals surface area contributed by atoms with Crippen LogP contribution in [0, 0.1) is 0 Å². The molecule has 1 atom stereocenters. The molecule has 2 heterocycles. The Morgan fingerprint density at radius 2 is 2.13 bits per heavy atom. The van der Waals surface area contributed by atoms with Crippen LogP contribution in [-0.4, -0.2) is 51.9 Å². The number of carbonyl (C=O) groups excluding carboxylic acids is 1. The largest absolute Gasteiger partial charge is 0.378 e. The van der Waals surface area contributed by atoms with Gasteiger partial charge in [-0.3, -0.25) is 9.36 Å². The number of amides is 1. The van der Waals surface area contributed by atoms with Crippen LogP contribution in [-0.2, 0) is 4.74 Å². The molecule has 0 radical (unpaired) electrons. The highest BCUT2D eigenvalue weighted by atomic mass is 16.5. The molecule has 122 valence electrons. The van der Waals surface area contributed by atoms with E-state index in [1.54, 1.807) is 22.1 Å². The van der Waals surface area contributed by atoms with E-state index < -0.39 is 0 Å². The maximum atomic E-state index is 12.7. The first-order chi connectivity index (χ1) is 11.3. The summed E-state index contributed by atoms with van der Waals surface area (Å²) < 4.78 is 7.38. The standard InChI is InChI=1S/C17H22N4O2/c1-20(10-4-6-14-7-5-11-23-14)17(22)15-8-2-3-9-16(15)21-12-18-19-13-21/h2-3,8-9,12-14H,4-7,10-11H2,1H3. The van der Waals surface area contributed by atoms with Gasteiger partial charge in [-0.05, 0) is 37.8 Å². The molecule has 1 aliphatic rings. The third-order valence-electron chi connectivity index (χ3n) is 4.22. The molecule has 1 aromatic heterocycles. The van der Waals surface area contributed by atoms with Gasteiger partial charge in [-0.15, -0.1) is 10.2 Å². The van der Waals surface area contributed by atoms with E-state index >= 15 is 0 Å². The lowest BCUT2D eigenvalue weighted by Crippen LogP contribution is -2.29. The molecule has 6 heteroatoms. The zero-order valence-electron chi connectivity index (χ0n) is 13.4. The lowest BCUT2D eigenvalue weighted by atomic mass is 10.1. The highest BCUT2D eigenvalue weighted by Crippen LogP contribution is 2.18. The highest BCUT2D eigenvalue weighted by molar-refractivity contribution is 5.97. The molecule has 1 unspecified atom stereocenters. The maximum absolute atomic E-state index is 12.7. The quantitative estimate of drug-likeness (QED) is 0.821. The van der Waals surface area contributed by atoms with Crippen LogP contribution in [0.15, 0.2) is 36.9 Å². The third kappa shape index (κ3) is 3.76. The fraction of sp³-hybridized carbons (Fsp3) is 0.471. The molecule has 0 aliphatic carbocycles. The molecule has 23 heavy (non-hydrogen) atoms. The van der Waals surface area contributed by atoms with Crippen LogP contribution in [0.2, 0.25) is 0 Å². The molecule has 0 saturated carbocycles. The molecule has 0 bridgehead atoms. The average molecular weight is 314 g/mol. The van der Waals surface area contributed by atoms with Crippen molar-refractivity contribution in [3.63, 3.8) is 0 Å². The number of carbonyl (C=O) groups is 1. The van der Waals surface area contributed by atoms with Crippen molar-refractivity contribution in [3.8, 4) is 5.69 Å². The van der Waals surface area contributed by atoms with Gasteiger partial charge in [0.1, 0.15) is 12.7 Å². The monoisotopic (exact) mass is 314 g/mol. The first-order valence-corrected chi connectivity index (χ1v) is 8.07. The highest BCUT2D eigenvalue weighted by Gasteiger charge is 2.18. The van der Waals surface area contributed by atoms with Gasteiger partial charge in [-0.2, -0.15) is 0 Å². The summed E-state index contributed by atoms with van der Waals surface area (Å²) in [7, 11) is 1.85. The number of para-hydroxylation sites is 1. The Morgan fingerprint density at radius 1 is 1.35 bits per heavy atom. The SMILES string of the molecule is CN(CCCC1CCCO1)C(=O)c1ccccc1-n1cnnc1. The van der Waals surface area contributed by atoms with Gasteiger partial charge in [0.2, 0.25) is 0 Å². The van der Waals surface area contributed by atoms with E-state index in [2.05, 4.69) is 10.2 Å². The van der Waals surface area contributed by atoms with Crippen molar-refractivity contribution < 1.29 is 9.53 Å². The third-order valence-corrected chi connectivity index (χ3v) is 4.22. The van der Waals surface area contributed by atoms with Gasteiger partial charge in [0.15, 0.2) is 0 Å². The van der Waals surface area contributed by atoms with E-state index in [1.165, 1.54) is 0 Å². The Bertz CT molecular complexity index is 636. The van der Waals surface area contributed by atoms with E-state index in [0.29, 0.717) is 11.7 Å². The fourth-order valence-corrected chi connectivity index (χ4v) is 2.94. The molecule has 0 spiro atoms. The Morgan fingerprint density at radius 3 is 2.87 bits per heavy atom. The normalized spacial score (nSPS) is 17.3. The van der Waals surface area contributed by atoms with E-state index in [-0.39, 0.29) is 5.91 Å². The van der Waals surface area contributed by atoms with Gasteiger partial charge < -0.3 is 9.64 Å². The molecule has 1 fully saturated rings. The Hall–Kier alpha value is -2.21. The molecular formula is C17H22N4O2. The van der Waals surface area contributed by atoms with Crippen LogP contribution < -0.4 is 0 Å².